The Bertz CT molecular complexity index is 678. The summed E-state index contributed by atoms with van der Waals surface area (Å²) in [5.74, 6) is 0.730. The van der Waals surface area contributed by atoms with Gasteiger partial charge in [0.15, 0.2) is 0 Å². The molecular formula is C21H28ClNO4. The predicted octanol–water partition coefficient (Wildman–Crippen LogP) is 2.89. The number of methoxy groups -OCH3 is 1. The number of hydrogen-bond donors (Lipinski definition) is 0. The molecule has 0 radical (unpaired) electrons. The van der Waals surface area contributed by atoms with Crippen molar-refractivity contribution < 1.29 is 19.7 Å². The zero-order valence-electron chi connectivity index (χ0n) is 15.6. The minimum atomic E-state index is -0.136. The molecule has 6 heteroatoms. The lowest BCUT2D eigenvalue weighted by Gasteiger charge is -2.22. The molecule has 1 heterocycles. The van der Waals surface area contributed by atoms with Crippen LogP contribution in [0, 0.1) is 0 Å². The van der Waals surface area contributed by atoms with Crippen LogP contribution in [0.2, 0.25) is 0 Å². The van der Waals surface area contributed by atoms with Crippen LogP contribution in [0.4, 0.5) is 0 Å². The highest BCUT2D eigenvalue weighted by molar-refractivity contribution is 5.85. The quantitative estimate of drug-likeness (QED) is 0.678. The monoisotopic (exact) mass is 393 g/mol. The van der Waals surface area contributed by atoms with E-state index in [2.05, 4.69) is 41.3 Å². The van der Waals surface area contributed by atoms with Crippen LogP contribution in [0.25, 0.3) is 0 Å². The summed E-state index contributed by atoms with van der Waals surface area (Å²) in [6.07, 6.45) is 2.84. The highest BCUT2D eigenvalue weighted by Gasteiger charge is 2.30. The van der Waals surface area contributed by atoms with Crippen molar-refractivity contribution in [3.05, 3.63) is 65.7 Å². The van der Waals surface area contributed by atoms with E-state index in [1.54, 1.807) is 0 Å². The first-order valence-electron chi connectivity index (χ1n) is 8.84. The summed E-state index contributed by atoms with van der Waals surface area (Å²) >= 11 is 0. The van der Waals surface area contributed by atoms with Gasteiger partial charge in [-0.2, -0.15) is 0 Å². The maximum absolute atomic E-state index is 11.7. The topological polar surface area (TPSA) is 70.3 Å². The van der Waals surface area contributed by atoms with Gasteiger partial charge in [-0.1, -0.05) is 42.5 Å². The van der Waals surface area contributed by atoms with Gasteiger partial charge in [-0.15, -0.1) is 12.4 Å². The van der Waals surface area contributed by atoms with Gasteiger partial charge in [0, 0.05) is 6.54 Å². The number of hydrogen-bond acceptors (Lipinski definition) is 4. The van der Waals surface area contributed by atoms with Crippen LogP contribution in [0.15, 0.2) is 54.6 Å². The molecule has 1 aliphatic rings. The first-order chi connectivity index (χ1) is 12.3. The first-order valence-corrected chi connectivity index (χ1v) is 8.84. The zero-order chi connectivity index (χ0) is 17.5. The minimum absolute atomic E-state index is 0. The molecule has 0 bridgehead atoms. The number of benzene rings is 2. The Morgan fingerprint density at radius 3 is 2.41 bits per heavy atom. The molecule has 0 saturated carbocycles. The molecule has 1 atom stereocenters. The lowest BCUT2D eigenvalue weighted by Crippen LogP contribution is -2.39. The van der Waals surface area contributed by atoms with Gasteiger partial charge in [0.2, 0.25) is 0 Å². The summed E-state index contributed by atoms with van der Waals surface area (Å²) in [4.78, 5) is 13.9. The van der Waals surface area contributed by atoms with E-state index in [-0.39, 0.29) is 29.9 Å². The van der Waals surface area contributed by atoms with Crippen LogP contribution >= 0.6 is 12.4 Å². The van der Waals surface area contributed by atoms with Crippen LogP contribution in [-0.4, -0.2) is 49.2 Å². The summed E-state index contributed by atoms with van der Waals surface area (Å²) < 4.78 is 10.7. The number of carbonyl (C=O) groups is 1. The van der Waals surface area contributed by atoms with E-state index in [1.807, 2.05) is 18.2 Å². The van der Waals surface area contributed by atoms with Crippen molar-refractivity contribution in [2.45, 2.75) is 25.3 Å². The average molecular weight is 394 g/mol. The second-order valence-corrected chi connectivity index (χ2v) is 6.37. The Morgan fingerprint density at radius 1 is 1.07 bits per heavy atom. The molecule has 1 fully saturated rings. The number of rotatable bonds is 7. The lowest BCUT2D eigenvalue weighted by atomic mass is 10.1. The lowest BCUT2D eigenvalue weighted by molar-refractivity contribution is -0.145. The van der Waals surface area contributed by atoms with E-state index in [1.165, 1.54) is 18.2 Å². The number of likely N-dealkylation sites (tertiary alicyclic amines) is 1. The Balaban J connectivity index is 0.00000182. The number of esters is 1. The largest absolute Gasteiger partial charge is 0.492 e. The van der Waals surface area contributed by atoms with Crippen molar-refractivity contribution in [1.29, 1.82) is 0 Å². The van der Waals surface area contributed by atoms with Crippen LogP contribution in [0.3, 0.4) is 0 Å². The molecular weight excluding hydrogens is 366 g/mol. The fourth-order valence-electron chi connectivity index (χ4n) is 3.31. The number of halogens is 1. The van der Waals surface area contributed by atoms with Gasteiger partial charge in [-0.3, -0.25) is 9.69 Å². The Hall–Kier alpha value is -2.08. The van der Waals surface area contributed by atoms with E-state index in [0.717, 1.165) is 38.1 Å². The van der Waals surface area contributed by atoms with Gasteiger partial charge in [0.25, 0.3) is 0 Å². The molecule has 0 aliphatic carbocycles. The summed E-state index contributed by atoms with van der Waals surface area (Å²) in [7, 11) is 1.45. The predicted molar refractivity (Wildman–Crippen MR) is 109 cm³/mol. The SMILES string of the molecule is COC(=O)[C@@H]1CCCN1CCOc1ccc(Cc2ccccc2)cc1.Cl.O. The van der Waals surface area contributed by atoms with Crippen molar-refractivity contribution in [3.8, 4) is 5.75 Å². The summed E-state index contributed by atoms with van der Waals surface area (Å²) in [6.45, 7) is 2.25. The third-order valence-corrected chi connectivity index (χ3v) is 4.66. The second kappa shape index (κ2) is 11.6. The maximum atomic E-state index is 11.7. The van der Waals surface area contributed by atoms with E-state index >= 15 is 0 Å². The summed E-state index contributed by atoms with van der Waals surface area (Å²) in [5.41, 5.74) is 2.57. The fraction of sp³-hybridized carbons (Fsp3) is 0.381. The van der Waals surface area contributed by atoms with Crippen molar-refractivity contribution in [2.24, 2.45) is 0 Å². The molecule has 27 heavy (non-hydrogen) atoms. The third-order valence-electron chi connectivity index (χ3n) is 4.66. The molecule has 2 aromatic rings. The van der Waals surface area contributed by atoms with E-state index < -0.39 is 0 Å². The molecule has 1 saturated heterocycles. The Morgan fingerprint density at radius 2 is 1.74 bits per heavy atom. The molecule has 148 valence electrons. The molecule has 0 aromatic heterocycles. The molecule has 2 aromatic carbocycles. The molecule has 0 amide bonds. The van der Waals surface area contributed by atoms with Gasteiger partial charge in [0.1, 0.15) is 18.4 Å². The molecule has 0 unspecified atom stereocenters. The van der Waals surface area contributed by atoms with Gasteiger partial charge < -0.3 is 14.9 Å². The minimum Gasteiger partial charge on any atom is -0.492 e. The zero-order valence-corrected chi connectivity index (χ0v) is 16.4. The van der Waals surface area contributed by atoms with Crippen molar-refractivity contribution in [2.75, 3.05) is 26.8 Å². The highest BCUT2D eigenvalue weighted by Crippen LogP contribution is 2.19. The van der Waals surface area contributed by atoms with Crippen LogP contribution < -0.4 is 4.74 Å². The number of ether oxygens (including phenoxy) is 2. The average Bonchev–Trinajstić information content (AvgIpc) is 3.12. The van der Waals surface area contributed by atoms with Gasteiger partial charge >= 0.3 is 5.97 Å². The molecule has 3 rings (SSSR count). The molecule has 5 nitrogen and oxygen atoms in total. The number of carbonyl (C=O) groups excluding carboxylic acids is 1. The first kappa shape index (κ1) is 23.0. The molecule has 0 spiro atoms. The van der Waals surface area contributed by atoms with Crippen molar-refractivity contribution in [1.82, 2.24) is 4.90 Å². The van der Waals surface area contributed by atoms with Gasteiger partial charge in [-0.25, -0.2) is 0 Å². The Labute approximate surface area is 167 Å². The van der Waals surface area contributed by atoms with Gasteiger partial charge in [0.05, 0.1) is 7.11 Å². The normalized spacial score (nSPS) is 16.1. The number of nitrogens with zero attached hydrogens (tertiary/aromatic N) is 1. The second-order valence-electron chi connectivity index (χ2n) is 6.37. The standard InChI is InChI=1S/C21H25NO3.ClH.H2O/c1-24-21(23)20-8-5-13-22(20)14-15-25-19-11-9-18(10-12-19)16-17-6-3-2-4-7-17;;/h2-4,6-7,9-12,20H,5,8,13-16H2,1H3;1H;1H2/t20-;;/m0../s1. The van der Waals surface area contributed by atoms with Gasteiger partial charge in [-0.05, 0) is 49.1 Å². The smallest absolute Gasteiger partial charge is 0.323 e. The third kappa shape index (κ3) is 6.54. The van der Waals surface area contributed by atoms with Crippen LogP contribution in [0.5, 0.6) is 5.75 Å². The summed E-state index contributed by atoms with van der Waals surface area (Å²) in [5, 5.41) is 0. The molecule has 1 aliphatic heterocycles. The fourth-order valence-corrected chi connectivity index (χ4v) is 3.31. The van der Waals surface area contributed by atoms with Crippen molar-refractivity contribution in [3.63, 3.8) is 0 Å². The van der Waals surface area contributed by atoms with Crippen molar-refractivity contribution >= 4 is 18.4 Å². The summed E-state index contributed by atoms with van der Waals surface area (Å²) in [6, 6.07) is 18.6. The highest BCUT2D eigenvalue weighted by atomic mass is 35.5. The van der Waals surface area contributed by atoms with E-state index in [4.69, 9.17) is 9.47 Å². The van der Waals surface area contributed by atoms with Crippen LogP contribution in [0.1, 0.15) is 24.0 Å². The van der Waals surface area contributed by atoms with E-state index in [9.17, 15) is 4.79 Å². The maximum Gasteiger partial charge on any atom is 0.323 e. The molecule has 2 N–H and O–H groups in total. The van der Waals surface area contributed by atoms with Crippen LogP contribution in [-0.2, 0) is 16.0 Å². The Kier molecular flexibility index (Phi) is 9.86. The van der Waals surface area contributed by atoms with E-state index in [0.29, 0.717) is 6.61 Å².